The fourth-order valence-electron chi connectivity index (χ4n) is 3.24. The molecule has 7 nitrogen and oxygen atoms in total. The van der Waals surface area contributed by atoms with Gasteiger partial charge in [-0.25, -0.2) is 0 Å². The number of guanidine groups is 1. The Bertz CT molecular complexity index is 824. The fourth-order valence-corrected chi connectivity index (χ4v) is 3.24. The lowest BCUT2D eigenvalue weighted by Gasteiger charge is -2.24. The third-order valence-corrected chi connectivity index (χ3v) is 5.26. The van der Waals surface area contributed by atoms with Crippen LogP contribution in [0, 0.1) is 12.8 Å². The predicted molar refractivity (Wildman–Crippen MR) is 117 cm³/mol. The third kappa shape index (κ3) is 6.22. The van der Waals surface area contributed by atoms with E-state index in [0.717, 1.165) is 36.3 Å². The highest BCUT2D eigenvalue weighted by molar-refractivity contribution is 5.79. The monoisotopic (exact) mass is 398 g/mol. The van der Waals surface area contributed by atoms with Crippen molar-refractivity contribution < 1.29 is 4.74 Å². The van der Waals surface area contributed by atoms with Crippen LogP contribution in [0.25, 0.3) is 0 Å². The van der Waals surface area contributed by atoms with Crippen LogP contribution in [0.15, 0.2) is 35.6 Å². The zero-order valence-corrected chi connectivity index (χ0v) is 18.3. The number of benzene rings is 1. The molecular formula is C22H34N6O. The molecular weight excluding hydrogens is 364 g/mol. The number of nitrogens with one attached hydrogen (secondary N) is 2. The van der Waals surface area contributed by atoms with Crippen LogP contribution in [-0.4, -0.2) is 54.9 Å². The Morgan fingerprint density at radius 3 is 2.76 bits per heavy atom. The normalized spacial score (nSPS) is 15.4. The van der Waals surface area contributed by atoms with Crippen molar-refractivity contribution in [3.05, 3.63) is 47.3 Å². The average molecular weight is 399 g/mol. The molecule has 29 heavy (non-hydrogen) atoms. The van der Waals surface area contributed by atoms with Crippen LogP contribution in [0.4, 0.5) is 0 Å². The SMILES string of the molecule is CN=C(NCc1ccc(C)cc1OCC1CC1)NCC(c1cnn(C)c1)N(C)C. The molecule has 1 unspecified atom stereocenters. The minimum atomic E-state index is 0.207. The van der Waals surface area contributed by atoms with Gasteiger partial charge in [0.1, 0.15) is 5.75 Å². The van der Waals surface area contributed by atoms with E-state index in [-0.39, 0.29) is 6.04 Å². The topological polar surface area (TPSA) is 66.7 Å². The quantitative estimate of drug-likeness (QED) is 0.502. The number of aryl methyl sites for hydroxylation is 2. The van der Waals surface area contributed by atoms with Gasteiger partial charge in [-0.3, -0.25) is 9.67 Å². The fraction of sp³-hybridized carbons (Fsp3) is 0.545. The molecule has 3 rings (SSSR count). The van der Waals surface area contributed by atoms with Crippen LogP contribution in [0.2, 0.25) is 0 Å². The molecule has 1 fully saturated rings. The van der Waals surface area contributed by atoms with Gasteiger partial charge >= 0.3 is 0 Å². The molecule has 1 aromatic carbocycles. The Balaban J connectivity index is 1.57. The average Bonchev–Trinajstić information content (AvgIpc) is 3.43. The van der Waals surface area contributed by atoms with Crippen LogP contribution in [0.3, 0.4) is 0 Å². The second kappa shape index (κ2) is 9.78. The van der Waals surface area contributed by atoms with Crippen LogP contribution < -0.4 is 15.4 Å². The number of nitrogens with zero attached hydrogens (tertiary/aromatic N) is 4. The van der Waals surface area contributed by atoms with Crippen molar-refractivity contribution in [3.8, 4) is 5.75 Å². The molecule has 1 heterocycles. The largest absolute Gasteiger partial charge is 0.493 e. The summed E-state index contributed by atoms with van der Waals surface area (Å²) in [6.07, 6.45) is 6.55. The molecule has 1 aliphatic carbocycles. The molecule has 1 aromatic heterocycles. The number of aliphatic imine (C=N–C) groups is 1. The Morgan fingerprint density at radius 1 is 1.34 bits per heavy atom. The maximum atomic E-state index is 6.08. The highest BCUT2D eigenvalue weighted by atomic mass is 16.5. The Morgan fingerprint density at radius 2 is 2.14 bits per heavy atom. The molecule has 0 aliphatic heterocycles. The Hall–Kier alpha value is -2.54. The van der Waals surface area contributed by atoms with Crippen molar-refractivity contribution in [2.45, 2.75) is 32.4 Å². The summed E-state index contributed by atoms with van der Waals surface area (Å²) >= 11 is 0. The van der Waals surface area contributed by atoms with E-state index in [9.17, 15) is 0 Å². The van der Waals surface area contributed by atoms with Gasteiger partial charge in [-0.1, -0.05) is 12.1 Å². The first-order valence-corrected chi connectivity index (χ1v) is 10.3. The molecule has 2 N–H and O–H groups in total. The van der Waals surface area contributed by atoms with E-state index in [1.165, 1.54) is 24.0 Å². The molecule has 7 heteroatoms. The van der Waals surface area contributed by atoms with Gasteiger partial charge in [0.05, 0.1) is 18.8 Å². The highest BCUT2D eigenvalue weighted by Gasteiger charge is 2.22. The summed E-state index contributed by atoms with van der Waals surface area (Å²) in [6.45, 7) is 4.32. The number of rotatable bonds is 9. The van der Waals surface area contributed by atoms with Gasteiger partial charge in [0.2, 0.25) is 0 Å². The summed E-state index contributed by atoms with van der Waals surface area (Å²) in [7, 11) is 7.88. The lowest BCUT2D eigenvalue weighted by molar-refractivity contribution is 0.295. The summed E-state index contributed by atoms with van der Waals surface area (Å²) in [5, 5.41) is 11.2. The van der Waals surface area contributed by atoms with Gasteiger partial charge in [0.25, 0.3) is 0 Å². The van der Waals surface area contributed by atoms with Crippen LogP contribution in [0.5, 0.6) is 5.75 Å². The Labute approximate surface area is 174 Å². The Kier molecular flexibility index (Phi) is 7.14. The highest BCUT2D eigenvalue weighted by Crippen LogP contribution is 2.30. The maximum Gasteiger partial charge on any atom is 0.191 e. The third-order valence-electron chi connectivity index (χ3n) is 5.26. The summed E-state index contributed by atoms with van der Waals surface area (Å²) in [5.74, 6) is 2.48. The molecule has 0 spiro atoms. The van der Waals surface area contributed by atoms with Gasteiger partial charge in [-0.2, -0.15) is 5.10 Å². The maximum absolute atomic E-state index is 6.08. The molecule has 2 aromatic rings. The lowest BCUT2D eigenvalue weighted by Crippen LogP contribution is -2.41. The lowest BCUT2D eigenvalue weighted by atomic mass is 10.1. The predicted octanol–water partition coefficient (Wildman–Crippen LogP) is 2.49. The summed E-state index contributed by atoms with van der Waals surface area (Å²) in [5.41, 5.74) is 3.54. The molecule has 0 amide bonds. The standard InChI is InChI=1S/C22H34N6O/c1-16-6-9-18(21(10-16)29-15-17-7-8-17)11-24-22(23-2)25-13-20(27(3)4)19-12-26-28(5)14-19/h6,9-10,12,14,17,20H,7-8,11,13,15H2,1-5H3,(H2,23,24,25). The van der Waals surface area contributed by atoms with Crippen molar-refractivity contribution in [2.24, 2.45) is 18.0 Å². The van der Waals surface area contributed by atoms with Crippen LogP contribution in [-0.2, 0) is 13.6 Å². The van der Waals surface area contributed by atoms with E-state index in [0.29, 0.717) is 6.54 Å². The van der Waals surface area contributed by atoms with E-state index < -0.39 is 0 Å². The smallest absolute Gasteiger partial charge is 0.191 e. The summed E-state index contributed by atoms with van der Waals surface area (Å²) < 4.78 is 7.91. The van der Waals surface area contributed by atoms with E-state index in [2.05, 4.69) is 71.0 Å². The van der Waals surface area contributed by atoms with Gasteiger partial charge in [0.15, 0.2) is 5.96 Å². The molecule has 1 atom stereocenters. The summed E-state index contributed by atoms with van der Waals surface area (Å²) in [6, 6.07) is 6.59. The molecule has 0 bridgehead atoms. The molecule has 158 valence electrons. The van der Waals surface area contributed by atoms with Crippen molar-refractivity contribution in [1.29, 1.82) is 0 Å². The van der Waals surface area contributed by atoms with Crippen LogP contribution >= 0.6 is 0 Å². The van der Waals surface area contributed by atoms with Crippen LogP contribution in [0.1, 0.15) is 35.6 Å². The first-order valence-electron chi connectivity index (χ1n) is 10.3. The van der Waals surface area contributed by atoms with Gasteiger partial charge in [-0.15, -0.1) is 0 Å². The minimum Gasteiger partial charge on any atom is -0.493 e. The van der Waals surface area contributed by atoms with Crippen molar-refractivity contribution in [3.63, 3.8) is 0 Å². The molecule has 0 saturated heterocycles. The zero-order chi connectivity index (χ0) is 20.8. The molecule has 0 radical (unpaired) electrons. The van der Waals surface area contributed by atoms with Gasteiger partial charge in [0, 0.05) is 44.5 Å². The second-order valence-electron chi connectivity index (χ2n) is 8.10. The van der Waals surface area contributed by atoms with Gasteiger partial charge < -0.3 is 20.3 Å². The number of likely N-dealkylation sites (N-methyl/N-ethyl adjacent to an activating group) is 1. The number of hydrogen-bond donors (Lipinski definition) is 2. The van der Waals surface area contributed by atoms with E-state index in [1.807, 2.05) is 17.9 Å². The molecule has 1 saturated carbocycles. The number of hydrogen-bond acceptors (Lipinski definition) is 4. The summed E-state index contributed by atoms with van der Waals surface area (Å²) in [4.78, 5) is 6.56. The minimum absolute atomic E-state index is 0.207. The van der Waals surface area contributed by atoms with Gasteiger partial charge in [-0.05, 0) is 51.4 Å². The molecule has 1 aliphatic rings. The number of aromatic nitrogens is 2. The second-order valence-corrected chi connectivity index (χ2v) is 8.10. The number of ether oxygens (including phenoxy) is 1. The zero-order valence-electron chi connectivity index (χ0n) is 18.3. The van der Waals surface area contributed by atoms with E-state index >= 15 is 0 Å². The van der Waals surface area contributed by atoms with Crippen molar-refractivity contribution in [2.75, 3.05) is 34.3 Å². The van der Waals surface area contributed by atoms with E-state index in [4.69, 9.17) is 4.74 Å². The first kappa shape index (κ1) is 21.2. The van der Waals surface area contributed by atoms with Crippen molar-refractivity contribution in [1.82, 2.24) is 25.3 Å². The first-order chi connectivity index (χ1) is 14.0. The van der Waals surface area contributed by atoms with E-state index in [1.54, 1.807) is 7.05 Å². The van der Waals surface area contributed by atoms with Crippen molar-refractivity contribution >= 4 is 5.96 Å².